The van der Waals surface area contributed by atoms with Crippen molar-refractivity contribution in [3.63, 3.8) is 0 Å². The van der Waals surface area contributed by atoms with E-state index in [-0.39, 0.29) is 23.3 Å². The molecule has 1 aromatic carbocycles. The molecule has 190 valence electrons. The highest BCUT2D eigenvalue weighted by atomic mass is 32.2. The first-order valence-corrected chi connectivity index (χ1v) is 12.8. The largest absolute Gasteiger partial charge is 0.444 e. The van der Waals surface area contributed by atoms with E-state index in [1.165, 1.54) is 22.7 Å². The SMILES string of the molecule is C=CC(=O)Nc1ccc(C(=O)N2CCC[C@@H](Nn3ncc(SCc4ncc(C(C)(C)C)o4)n3)C2)cc1. The number of nitrogens with one attached hydrogen (secondary N) is 2. The number of rotatable bonds is 8. The molecule has 0 aliphatic carbocycles. The van der Waals surface area contributed by atoms with Crippen LogP contribution in [0.5, 0.6) is 0 Å². The van der Waals surface area contributed by atoms with Crippen molar-refractivity contribution in [1.82, 2.24) is 25.0 Å². The van der Waals surface area contributed by atoms with Gasteiger partial charge >= 0.3 is 0 Å². The third kappa shape index (κ3) is 6.54. The van der Waals surface area contributed by atoms with Gasteiger partial charge in [-0.3, -0.25) is 15.0 Å². The fourth-order valence-corrected chi connectivity index (χ4v) is 4.40. The van der Waals surface area contributed by atoms with Crippen molar-refractivity contribution in [2.45, 2.75) is 55.8 Å². The summed E-state index contributed by atoms with van der Waals surface area (Å²) < 4.78 is 5.83. The van der Waals surface area contributed by atoms with Gasteiger partial charge in [-0.1, -0.05) is 44.0 Å². The highest BCUT2D eigenvalue weighted by Gasteiger charge is 2.25. The molecule has 10 nitrogen and oxygen atoms in total. The highest BCUT2D eigenvalue weighted by Crippen LogP contribution is 2.26. The second-order valence-corrected chi connectivity index (χ2v) is 10.6. The molecule has 1 saturated heterocycles. The molecular weight excluding hydrogens is 478 g/mol. The van der Waals surface area contributed by atoms with Gasteiger partial charge in [0.2, 0.25) is 11.8 Å². The molecule has 1 aliphatic rings. The van der Waals surface area contributed by atoms with Crippen molar-refractivity contribution in [3.05, 3.63) is 66.5 Å². The van der Waals surface area contributed by atoms with E-state index < -0.39 is 0 Å². The van der Waals surface area contributed by atoms with Crippen LogP contribution in [0.4, 0.5) is 5.69 Å². The van der Waals surface area contributed by atoms with Gasteiger partial charge in [0.05, 0.1) is 24.2 Å². The zero-order valence-electron chi connectivity index (χ0n) is 20.7. The highest BCUT2D eigenvalue weighted by molar-refractivity contribution is 7.98. The van der Waals surface area contributed by atoms with E-state index in [0.29, 0.717) is 36.0 Å². The summed E-state index contributed by atoms with van der Waals surface area (Å²) in [6.45, 7) is 10.9. The van der Waals surface area contributed by atoms with Crippen LogP contribution in [0, 0.1) is 0 Å². The molecule has 0 saturated carbocycles. The molecule has 1 aliphatic heterocycles. The molecule has 11 heteroatoms. The number of nitrogens with zero attached hydrogens (tertiary/aromatic N) is 5. The van der Waals surface area contributed by atoms with Gasteiger partial charge in [0.25, 0.3) is 5.91 Å². The zero-order valence-corrected chi connectivity index (χ0v) is 21.5. The first-order valence-electron chi connectivity index (χ1n) is 11.8. The number of thioether (sulfide) groups is 1. The molecule has 0 unspecified atom stereocenters. The molecule has 2 amide bonds. The van der Waals surface area contributed by atoms with Gasteiger partial charge < -0.3 is 14.6 Å². The lowest BCUT2D eigenvalue weighted by Crippen LogP contribution is -2.47. The normalized spacial score (nSPS) is 16.0. The molecule has 4 rings (SSSR count). The Kier molecular flexibility index (Phi) is 7.78. The number of anilines is 1. The van der Waals surface area contributed by atoms with Crippen molar-refractivity contribution in [3.8, 4) is 0 Å². The molecule has 2 aromatic heterocycles. The van der Waals surface area contributed by atoms with Gasteiger partial charge in [-0.2, -0.15) is 0 Å². The molecule has 0 bridgehead atoms. The number of carbonyl (C=O) groups is 2. The van der Waals surface area contributed by atoms with Gasteiger partial charge in [-0.25, -0.2) is 4.98 Å². The molecular formula is C25H31N7O3S. The van der Waals surface area contributed by atoms with Crippen LogP contribution >= 0.6 is 11.8 Å². The number of aromatic nitrogens is 4. The summed E-state index contributed by atoms with van der Waals surface area (Å²) in [6, 6.07) is 6.89. The van der Waals surface area contributed by atoms with Crippen LogP contribution in [0.2, 0.25) is 0 Å². The van der Waals surface area contributed by atoms with E-state index in [2.05, 4.69) is 53.3 Å². The number of piperidine rings is 1. The number of carbonyl (C=O) groups excluding carboxylic acids is 2. The Morgan fingerprint density at radius 3 is 2.72 bits per heavy atom. The van der Waals surface area contributed by atoms with Crippen LogP contribution in [-0.4, -0.2) is 55.9 Å². The van der Waals surface area contributed by atoms with E-state index in [4.69, 9.17) is 4.42 Å². The summed E-state index contributed by atoms with van der Waals surface area (Å²) in [7, 11) is 0. The number of amides is 2. The average molecular weight is 510 g/mol. The van der Waals surface area contributed by atoms with Crippen LogP contribution in [0.1, 0.15) is 55.6 Å². The minimum atomic E-state index is -0.292. The second-order valence-electron chi connectivity index (χ2n) is 9.62. The van der Waals surface area contributed by atoms with Crippen molar-refractivity contribution >= 4 is 29.3 Å². The summed E-state index contributed by atoms with van der Waals surface area (Å²) in [5.74, 6) is 1.74. The Bertz CT molecular complexity index is 1210. The second kappa shape index (κ2) is 11.0. The van der Waals surface area contributed by atoms with E-state index in [1.807, 2.05) is 4.90 Å². The summed E-state index contributed by atoms with van der Waals surface area (Å²) in [6.07, 6.45) is 6.46. The van der Waals surface area contributed by atoms with Gasteiger partial charge in [0.15, 0.2) is 0 Å². The quantitative estimate of drug-likeness (QED) is 0.347. The Labute approximate surface area is 214 Å². The lowest BCUT2D eigenvalue weighted by Gasteiger charge is -2.33. The Morgan fingerprint density at radius 1 is 1.25 bits per heavy atom. The van der Waals surface area contributed by atoms with Crippen LogP contribution < -0.4 is 10.7 Å². The van der Waals surface area contributed by atoms with Gasteiger partial charge in [-0.15, -0.1) is 10.2 Å². The average Bonchev–Trinajstić information content (AvgIpc) is 3.52. The van der Waals surface area contributed by atoms with Crippen molar-refractivity contribution in [2.75, 3.05) is 23.8 Å². The summed E-state index contributed by atoms with van der Waals surface area (Å²) in [5.41, 5.74) is 4.40. The molecule has 0 spiro atoms. The topological polar surface area (TPSA) is 118 Å². The Morgan fingerprint density at radius 2 is 2.03 bits per heavy atom. The monoisotopic (exact) mass is 509 g/mol. The number of hydrogen-bond donors (Lipinski definition) is 2. The summed E-state index contributed by atoms with van der Waals surface area (Å²) >= 11 is 1.50. The van der Waals surface area contributed by atoms with Crippen molar-refractivity contribution in [2.24, 2.45) is 0 Å². The third-order valence-electron chi connectivity index (χ3n) is 5.70. The Hall–Kier alpha value is -3.60. The maximum absolute atomic E-state index is 13.0. The van der Waals surface area contributed by atoms with Gasteiger partial charge in [0, 0.05) is 29.8 Å². The van der Waals surface area contributed by atoms with Gasteiger partial charge in [0.1, 0.15) is 10.8 Å². The van der Waals surface area contributed by atoms with E-state index in [0.717, 1.165) is 23.6 Å². The predicted octanol–water partition coefficient (Wildman–Crippen LogP) is 3.83. The number of likely N-dealkylation sites (tertiary alicyclic amines) is 1. The smallest absolute Gasteiger partial charge is 0.253 e. The van der Waals surface area contributed by atoms with E-state index >= 15 is 0 Å². The maximum atomic E-state index is 13.0. The summed E-state index contributed by atoms with van der Waals surface area (Å²) in [5, 5.41) is 12.2. The standard InChI is InChI=1S/C25H31N7O3S/c1-5-21(33)28-18-10-8-17(9-11-18)24(34)31-12-6-7-19(15-31)29-32-27-14-23(30-32)36-16-22-26-13-20(35-22)25(2,3)4/h5,8-11,13-14,19,29H,1,6-7,12,15-16H2,2-4H3,(H,28,33)/t19-/m1/s1. The fraction of sp³-hybridized carbons (Fsp3) is 0.400. The van der Waals surface area contributed by atoms with Crippen LogP contribution in [0.15, 0.2) is 58.8 Å². The first kappa shape index (κ1) is 25.5. The molecule has 3 aromatic rings. The molecule has 0 radical (unpaired) electrons. The predicted molar refractivity (Wildman–Crippen MR) is 138 cm³/mol. The number of hydrogen-bond acceptors (Lipinski definition) is 8. The van der Waals surface area contributed by atoms with Crippen molar-refractivity contribution in [1.29, 1.82) is 0 Å². The van der Waals surface area contributed by atoms with Crippen molar-refractivity contribution < 1.29 is 14.0 Å². The molecule has 2 N–H and O–H groups in total. The third-order valence-corrected chi connectivity index (χ3v) is 6.57. The Balaban J connectivity index is 1.29. The minimum absolute atomic E-state index is 0.0280. The molecule has 3 heterocycles. The summed E-state index contributed by atoms with van der Waals surface area (Å²) in [4.78, 5) is 32.1. The van der Waals surface area contributed by atoms with Crippen LogP contribution in [-0.2, 0) is 16.0 Å². The fourth-order valence-electron chi connectivity index (χ4n) is 3.74. The maximum Gasteiger partial charge on any atom is 0.253 e. The van der Waals surface area contributed by atoms with E-state index in [9.17, 15) is 9.59 Å². The van der Waals surface area contributed by atoms with Crippen LogP contribution in [0.3, 0.4) is 0 Å². The lowest BCUT2D eigenvalue weighted by molar-refractivity contribution is -0.111. The minimum Gasteiger partial charge on any atom is -0.444 e. The van der Waals surface area contributed by atoms with Gasteiger partial charge in [-0.05, 0) is 43.2 Å². The van der Waals surface area contributed by atoms with Crippen LogP contribution in [0.25, 0.3) is 0 Å². The lowest BCUT2D eigenvalue weighted by atomic mass is 9.94. The number of oxazole rings is 1. The molecule has 36 heavy (non-hydrogen) atoms. The molecule has 1 atom stereocenters. The first-order chi connectivity index (χ1) is 17.2. The van der Waals surface area contributed by atoms with E-state index in [1.54, 1.807) is 36.7 Å². The number of benzene rings is 1. The zero-order chi connectivity index (χ0) is 25.7. The molecule has 1 fully saturated rings.